The lowest BCUT2D eigenvalue weighted by Gasteiger charge is -2.27. The van der Waals surface area contributed by atoms with E-state index < -0.39 is 9.84 Å². The van der Waals surface area contributed by atoms with Gasteiger partial charge in [0.1, 0.15) is 0 Å². The van der Waals surface area contributed by atoms with Crippen LogP contribution < -0.4 is 15.5 Å². The summed E-state index contributed by atoms with van der Waals surface area (Å²) in [6, 6.07) is 3.39. The molecule has 1 atom stereocenters. The van der Waals surface area contributed by atoms with Crippen LogP contribution in [0.3, 0.4) is 0 Å². The van der Waals surface area contributed by atoms with Gasteiger partial charge in [-0.25, -0.2) is 13.2 Å². The van der Waals surface area contributed by atoms with Crippen LogP contribution in [0.2, 0.25) is 0 Å². The van der Waals surface area contributed by atoms with Gasteiger partial charge >= 0.3 is 6.03 Å². The lowest BCUT2D eigenvalue weighted by atomic mass is 10.2. The van der Waals surface area contributed by atoms with Gasteiger partial charge in [0.05, 0.1) is 11.5 Å². The molecule has 0 aromatic carbocycles. The zero-order chi connectivity index (χ0) is 16.4. The van der Waals surface area contributed by atoms with Crippen LogP contribution in [-0.4, -0.2) is 54.8 Å². The van der Waals surface area contributed by atoms with E-state index in [1.807, 2.05) is 11.8 Å². The van der Waals surface area contributed by atoms with E-state index in [1.54, 1.807) is 12.1 Å². The lowest BCUT2D eigenvalue weighted by molar-refractivity contribution is 0.251. The van der Waals surface area contributed by atoms with Gasteiger partial charge < -0.3 is 10.2 Å². The maximum atomic E-state index is 11.7. The Kier molecular flexibility index (Phi) is 4.38. The zero-order valence-electron chi connectivity index (χ0n) is 13.0. The van der Waals surface area contributed by atoms with E-state index in [2.05, 4.69) is 20.8 Å². The molecule has 1 aromatic rings. The fourth-order valence-electron chi connectivity index (χ4n) is 2.74. The fraction of sp³-hybridized carbons (Fsp3) is 0.643. The second-order valence-electron chi connectivity index (χ2n) is 5.99. The molecule has 1 saturated heterocycles. The van der Waals surface area contributed by atoms with Crippen LogP contribution in [0, 0.1) is 0 Å². The molecule has 23 heavy (non-hydrogen) atoms. The van der Waals surface area contributed by atoms with Gasteiger partial charge in [-0.15, -0.1) is 10.2 Å². The molecule has 0 bridgehead atoms. The summed E-state index contributed by atoms with van der Waals surface area (Å²) in [7, 11) is -2.94. The topological polar surface area (TPSA) is 104 Å². The number of anilines is 2. The highest BCUT2D eigenvalue weighted by Crippen LogP contribution is 2.23. The van der Waals surface area contributed by atoms with Gasteiger partial charge in [-0.05, 0) is 38.3 Å². The average Bonchev–Trinajstić information content (AvgIpc) is 3.23. The minimum absolute atomic E-state index is 0.0590. The van der Waals surface area contributed by atoms with Crippen LogP contribution in [0.25, 0.3) is 0 Å². The minimum atomic E-state index is -2.94. The van der Waals surface area contributed by atoms with E-state index in [4.69, 9.17) is 0 Å². The summed E-state index contributed by atoms with van der Waals surface area (Å²) in [5, 5.41) is 13.6. The molecule has 1 aliphatic carbocycles. The molecule has 1 unspecified atom stereocenters. The first-order valence-corrected chi connectivity index (χ1v) is 9.67. The zero-order valence-corrected chi connectivity index (χ0v) is 13.8. The molecular formula is C14H21N5O3S. The molecule has 3 rings (SSSR count). The Morgan fingerprint density at radius 1 is 1.30 bits per heavy atom. The molecule has 2 aliphatic rings. The number of hydrogen-bond donors (Lipinski definition) is 2. The fourth-order valence-corrected chi connectivity index (χ4v) is 4.47. The lowest BCUT2D eigenvalue weighted by Crippen LogP contribution is -2.37. The van der Waals surface area contributed by atoms with E-state index in [1.165, 1.54) is 0 Å². The van der Waals surface area contributed by atoms with Crippen molar-refractivity contribution in [1.82, 2.24) is 15.5 Å². The Labute approximate surface area is 135 Å². The quantitative estimate of drug-likeness (QED) is 0.821. The highest BCUT2D eigenvalue weighted by atomic mass is 32.2. The first-order chi connectivity index (χ1) is 11.0. The second kappa shape index (κ2) is 6.31. The van der Waals surface area contributed by atoms with Crippen molar-refractivity contribution < 1.29 is 13.2 Å². The summed E-state index contributed by atoms with van der Waals surface area (Å²) in [6.45, 7) is 2.62. The average molecular weight is 339 g/mol. The summed E-state index contributed by atoms with van der Waals surface area (Å²) < 4.78 is 23.3. The molecule has 1 aliphatic heterocycles. The van der Waals surface area contributed by atoms with Crippen molar-refractivity contribution >= 4 is 27.5 Å². The van der Waals surface area contributed by atoms with Crippen LogP contribution in [0.5, 0.6) is 0 Å². The summed E-state index contributed by atoms with van der Waals surface area (Å²) in [4.78, 5) is 13.6. The molecule has 0 spiro atoms. The molecule has 1 aromatic heterocycles. The monoisotopic (exact) mass is 339 g/mol. The van der Waals surface area contributed by atoms with Crippen LogP contribution in [0.1, 0.15) is 26.2 Å². The maximum Gasteiger partial charge on any atom is 0.320 e. The Hall–Kier alpha value is -1.90. The Morgan fingerprint density at radius 3 is 2.61 bits per heavy atom. The predicted molar refractivity (Wildman–Crippen MR) is 87.3 cm³/mol. The Morgan fingerprint density at radius 2 is 2.09 bits per heavy atom. The number of rotatable bonds is 5. The number of hydrogen-bond acceptors (Lipinski definition) is 6. The third kappa shape index (κ3) is 4.10. The van der Waals surface area contributed by atoms with Gasteiger partial charge in [0.2, 0.25) is 0 Å². The molecule has 8 nitrogen and oxygen atoms in total. The highest BCUT2D eigenvalue weighted by molar-refractivity contribution is 7.91. The number of carbonyl (C=O) groups is 1. The van der Waals surface area contributed by atoms with Gasteiger partial charge in [0.25, 0.3) is 0 Å². The second-order valence-corrected chi connectivity index (χ2v) is 8.22. The number of nitrogens with one attached hydrogen (secondary N) is 2. The molecule has 2 fully saturated rings. The van der Waals surface area contributed by atoms with Gasteiger partial charge in [-0.2, -0.15) is 0 Å². The summed E-state index contributed by atoms with van der Waals surface area (Å²) in [6.07, 6.45) is 2.66. The summed E-state index contributed by atoms with van der Waals surface area (Å²) >= 11 is 0. The standard InChI is InChI=1S/C14H21N5O3S/c1-2-19(11-7-8-23(21,22)9-11)13-6-5-12(17-18-13)16-14(20)15-10-3-4-10/h5-6,10-11H,2-4,7-9H2,1H3,(H2,15,16,17,20). The van der Waals surface area contributed by atoms with Crippen molar-refractivity contribution in [2.45, 2.75) is 38.3 Å². The van der Waals surface area contributed by atoms with Crippen molar-refractivity contribution in [3.8, 4) is 0 Å². The SMILES string of the molecule is CCN(c1ccc(NC(=O)NC2CC2)nn1)C1CCS(=O)(=O)C1. The van der Waals surface area contributed by atoms with Crippen LogP contribution in [0.15, 0.2) is 12.1 Å². The van der Waals surface area contributed by atoms with Crippen molar-refractivity contribution in [2.75, 3.05) is 28.3 Å². The van der Waals surface area contributed by atoms with E-state index in [0.717, 1.165) is 12.8 Å². The predicted octanol–water partition coefficient (Wildman–Crippen LogP) is 0.774. The first-order valence-electron chi connectivity index (χ1n) is 7.85. The molecule has 2 amide bonds. The van der Waals surface area contributed by atoms with E-state index >= 15 is 0 Å². The Balaban J connectivity index is 1.63. The van der Waals surface area contributed by atoms with Gasteiger partial charge in [-0.1, -0.05) is 0 Å². The number of amides is 2. The summed E-state index contributed by atoms with van der Waals surface area (Å²) in [5.41, 5.74) is 0. The Bertz CT molecular complexity index is 672. The summed E-state index contributed by atoms with van der Waals surface area (Å²) in [5.74, 6) is 1.39. The molecule has 0 radical (unpaired) electrons. The number of urea groups is 1. The number of nitrogens with zero attached hydrogens (tertiary/aromatic N) is 3. The van der Waals surface area contributed by atoms with Crippen molar-refractivity contribution in [2.24, 2.45) is 0 Å². The molecule has 9 heteroatoms. The maximum absolute atomic E-state index is 11.7. The first kappa shape index (κ1) is 16.0. The van der Waals surface area contributed by atoms with E-state index in [-0.39, 0.29) is 29.6 Å². The third-order valence-electron chi connectivity index (χ3n) is 4.09. The van der Waals surface area contributed by atoms with Crippen LogP contribution in [-0.2, 0) is 9.84 Å². The molecule has 126 valence electrons. The van der Waals surface area contributed by atoms with Gasteiger partial charge in [0.15, 0.2) is 21.5 Å². The van der Waals surface area contributed by atoms with Gasteiger partial charge in [0, 0.05) is 18.6 Å². The third-order valence-corrected chi connectivity index (χ3v) is 5.84. The molecular weight excluding hydrogens is 318 g/mol. The number of sulfone groups is 1. The molecule has 2 heterocycles. The van der Waals surface area contributed by atoms with Crippen molar-refractivity contribution in [1.29, 1.82) is 0 Å². The highest BCUT2D eigenvalue weighted by Gasteiger charge is 2.32. The largest absolute Gasteiger partial charge is 0.351 e. The van der Waals surface area contributed by atoms with E-state index in [0.29, 0.717) is 24.6 Å². The number of aromatic nitrogens is 2. The number of carbonyl (C=O) groups excluding carboxylic acids is 1. The van der Waals surface area contributed by atoms with Crippen molar-refractivity contribution in [3.63, 3.8) is 0 Å². The van der Waals surface area contributed by atoms with Crippen LogP contribution >= 0.6 is 0 Å². The normalized spacial score (nSPS) is 22.6. The van der Waals surface area contributed by atoms with Gasteiger partial charge in [-0.3, -0.25) is 5.32 Å². The van der Waals surface area contributed by atoms with Crippen LogP contribution in [0.4, 0.5) is 16.4 Å². The molecule has 2 N–H and O–H groups in total. The van der Waals surface area contributed by atoms with Crippen molar-refractivity contribution in [3.05, 3.63) is 12.1 Å². The minimum Gasteiger partial charge on any atom is -0.351 e. The van der Waals surface area contributed by atoms with E-state index in [9.17, 15) is 13.2 Å². The smallest absolute Gasteiger partial charge is 0.320 e. The molecule has 1 saturated carbocycles.